The Morgan fingerprint density at radius 1 is 0.953 bits per heavy atom. The smallest absolute Gasteiger partial charge is 0.408 e. The molecule has 0 aliphatic heterocycles. The Bertz CT molecular complexity index is 1270. The second-order valence-corrected chi connectivity index (χ2v) is 9.97. The van der Waals surface area contributed by atoms with Crippen LogP contribution in [0.1, 0.15) is 38.7 Å². The number of rotatable bonds is 16. The van der Waals surface area contributed by atoms with E-state index in [0.717, 1.165) is 5.56 Å². The van der Waals surface area contributed by atoms with Crippen molar-refractivity contribution < 1.29 is 28.8 Å². The minimum absolute atomic E-state index is 0.0254. The van der Waals surface area contributed by atoms with Crippen molar-refractivity contribution in [1.82, 2.24) is 16.0 Å². The summed E-state index contributed by atoms with van der Waals surface area (Å²) in [6.07, 6.45) is 0.00534. The van der Waals surface area contributed by atoms with Gasteiger partial charge in [-0.3, -0.25) is 29.5 Å². The topological polar surface area (TPSA) is 233 Å². The van der Waals surface area contributed by atoms with Crippen LogP contribution in [0.4, 0.5) is 16.2 Å². The Kier molecular flexibility index (Phi) is 13.9. The average molecular weight is 599 g/mol. The van der Waals surface area contributed by atoms with E-state index in [1.54, 1.807) is 12.1 Å². The molecule has 15 nitrogen and oxygen atoms in total. The van der Waals surface area contributed by atoms with E-state index < -0.39 is 47.4 Å². The number of hydrogen-bond donors (Lipinski definition) is 6. The second-order valence-electron chi connectivity index (χ2n) is 9.97. The summed E-state index contributed by atoms with van der Waals surface area (Å²) >= 11 is 0. The minimum atomic E-state index is -1.04. The van der Waals surface area contributed by atoms with E-state index in [1.807, 2.05) is 32.0 Å². The Morgan fingerprint density at radius 3 is 2.23 bits per heavy atom. The molecule has 0 aliphatic carbocycles. The number of aliphatic imine (C=N–C) groups is 1. The normalized spacial score (nSPS) is 11.9. The molecule has 4 amide bonds. The molecular weight excluding hydrogens is 560 g/mol. The first kappa shape index (κ1) is 34.0. The first-order chi connectivity index (χ1) is 20.4. The highest BCUT2D eigenvalue weighted by atomic mass is 16.6. The van der Waals surface area contributed by atoms with Crippen molar-refractivity contribution in [2.24, 2.45) is 22.4 Å². The number of non-ortho nitro benzene ring substituents is 1. The van der Waals surface area contributed by atoms with Crippen LogP contribution in [-0.4, -0.2) is 59.9 Å². The lowest BCUT2D eigenvalue weighted by Crippen LogP contribution is -2.51. The predicted molar refractivity (Wildman–Crippen MR) is 160 cm³/mol. The number of carbonyl (C=O) groups excluding carboxylic acids is 4. The Balaban J connectivity index is 1.97. The number of hydrogen-bond acceptors (Lipinski definition) is 8. The molecule has 0 saturated carbocycles. The Labute approximate surface area is 249 Å². The van der Waals surface area contributed by atoms with Crippen LogP contribution < -0.4 is 32.7 Å². The van der Waals surface area contributed by atoms with E-state index in [1.165, 1.54) is 24.3 Å². The standard InChI is InChI=1S/C28H38N8O7/c1-18(2)15-23(35-28(40)43-17-19-7-4-3-5-8-19)25(38)32-16-24(37)34-22(9-6-14-31-27(29)30)26(39)33-20-10-12-21(13-11-20)36(41)42/h3-5,7-8,10-13,18,22-23H,6,9,14-17H2,1-2H3,(H,32,38)(H,33,39)(H,34,37)(H,35,40)(H4,29,30,31)/t22-,23-/m0/s1. The van der Waals surface area contributed by atoms with E-state index >= 15 is 0 Å². The summed E-state index contributed by atoms with van der Waals surface area (Å²) in [5.41, 5.74) is 11.6. The van der Waals surface area contributed by atoms with Crippen molar-refractivity contribution in [3.63, 3.8) is 0 Å². The number of nitro benzene ring substituents is 1. The van der Waals surface area contributed by atoms with Crippen LogP contribution in [-0.2, 0) is 25.7 Å². The number of nitrogens with one attached hydrogen (secondary N) is 4. The van der Waals surface area contributed by atoms with Gasteiger partial charge < -0.3 is 37.5 Å². The SMILES string of the molecule is CC(C)C[C@H](NC(=O)OCc1ccccc1)C(=O)NCC(=O)N[C@@H](CCCN=C(N)N)C(=O)Nc1ccc([N+](=O)[O-])cc1. The van der Waals surface area contributed by atoms with Gasteiger partial charge in [-0.15, -0.1) is 0 Å². The third-order valence-electron chi connectivity index (χ3n) is 5.89. The second kappa shape index (κ2) is 17.6. The van der Waals surface area contributed by atoms with Gasteiger partial charge in [0.1, 0.15) is 18.7 Å². The Morgan fingerprint density at radius 2 is 1.63 bits per heavy atom. The number of anilines is 1. The number of guanidine groups is 1. The summed E-state index contributed by atoms with van der Waals surface area (Å²) < 4.78 is 5.21. The molecule has 2 rings (SSSR count). The zero-order valence-electron chi connectivity index (χ0n) is 24.1. The maximum absolute atomic E-state index is 13.0. The van der Waals surface area contributed by atoms with Crippen molar-refractivity contribution in [1.29, 1.82) is 0 Å². The number of ether oxygens (including phenoxy) is 1. The summed E-state index contributed by atoms with van der Waals surface area (Å²) in [7, 11) is 0. The molecule has 43 heavy (non-hydrogen) atoms. The summed E-state index contributed by atoms with van der Waals surface area (Å²) in [5, 5.41) is 21.1. The fraction of sp³-hybridized carbons (Fsp3) is 0.393. The summed E-state index contributed by atoms with van der Waals surface area (Å²) in [6, 6.07) is 12.2. The molecule has 0 fully saturated rings. The lowest BCUT2D eigenvalue weighted by atomic mass is 10.0. The molecule has 0 aromatic heterocycles. The van der Waals surface area contributed by atoms with E-state index in [0.29, 0.717) is 12.8 Å². The maximum Gasteiger partial charge on any atom is 0.408 e. The van der Waals surface area contributed by atoms with Crippen molar-refractivity contribution in [3.8, 4) is 0 Å². The van der Waals surface area contributed by atoms with Crippen molar-refractivity contribution in [2.75, 3.05) is 18.4 Å². The fourth-order valence-corrected chi connectivity index (χ4v) is 3.81. The van der Waals surface area contributed by atoms with Gasteiger partial charge in [0.25, 0.3) is 5.69 Å². The average Bonchev–Trinajstić information content (AvgIpc) is 2.96. The molecule has 0 saturated heterocycles. The molecule has 8 N–H and O–H groups in total. The summed E-state index contributed by atoms with van der Waals surface area (Å²) in [4.78, 5) is 65.1. The molecule has 0 bridgehead atoms. The third-order valence-corrected chi connectivity index (χ3v) is 5.89. The van der Waals surface area contributed by atoms with E-state index in [9.17, 15) is 29.3 Å². The van der Waals surface area contributed by atoms with Crippen LogP contribution in [0.2, 0.25) is 0 Å². The van der Waals surface area contributed by atoms with Gasteiger partial charge in [0.2, 0.25) is 17.7 Å². The predicted octanol–water partition coefficient (Wildman–Crippen LogP) is 1.53. The van der Waals surface area contributed by atoms with Crippen LogP contribution in [0.15, 0.2) is 59.6 Å². The van der Waals surface area contributed by atoms with Crippen molar-refractivity contribution >= 4 is 41.1 Å². The molecular formula is C28H38N8O7. The zero-order valence-corrected chi connectivity index (χ0v) is 24.1. The highest BCUT2D eigenvalue weighted by molar-refractivity contribution is 5.98. The van der Waals surface area contributed by atoms with Gasteiger partial charge in [0.15, 0.2) is 5.96 Å². The minimum Gasteiger partial charge on any atom is -0.445 e. The van der Waals surface area contributed by atoms with E-state index in [-0.39, 0.29) is 42.8 Å². The third kappa shape index (κ3) is 13.3. The number of nitrogens with two attached hydrogens (primary N) is 2. The summed E-state index contributed by atoms with van der Waals surface area (Å²) in [6.45, 7) is 3.51. The van der Waals surface area contributed by atoms with Crippen LogP contribution in [0.25, 0.3) is 0 Å². The molecule has 0 spiro atoms. The van der Waals surface area contributed by atoms with Gasteiger partial charge in [0.05, 0.1) is 11.5 Å². The van der Waals surface area contributed by atoms with Crippen LogP contribution in [0, 0.1) is 16.0 Å². The van der Waals surface area contributed by atoms with Gasteiger partial charge in [-0.05, 0) is 42.9 Å². The lowest BCUT2D eigenvalue weighted by Gasteiger charge is -2.21. The number of benzene rings is 2. The number of carbonyl (C=O) groups is 4. The van der Waals surface area contributed by atoms with Crippen LogP contribution >= 0.6 is 0 Å². The Hall–Kier alpha value is -5.21. The molecule has 15 heteroatoms. The highest BCUT2D eigenvalue weighted by Crippen LogP contribution is 2.16. The van der Waals surface area contributed by atoms with Crippen molar-refractivity contribution in [2.45, 2.75) is 51.8 Å². The maximum atomic E-state index is 13.0. The molecule has 232 valence electrons. The molecule has 0 radical (unpaired) electrons. The molecule has 0 unspecified atom stereocenters. The lowest BCUT2D eigenvalue weighted by molar-refractivity contribution is -0.384. The number of alkyl carbamates (subject to hydrolysis) is 1. The number of nitro groups is 1. The van der Waals surface area contributed by atoms with Gasteiger partial charge >= 0.3 is 6.09 Å². The van der Waals surface area contributed by atoms with E-state index in [2.05, 4.69) is 26.3 Å². The van der Waals surface area contributed by atoms with Gasteiger partial charge in [0, 0.05) is 24.4 Å². The van der Waals surface area contributed by atoms with Crippen LogP contribution in [0.5, 0.6) is 0 Å². The molecule has 2 atom stereocenters. The van der Waals surface area contributed by atoms with Crippen LogP contribution in [0.3, 0.4) is 0 Å². The zero-order chi connectivity index (χ0) is 31.8. The quantitative estimate of drug-likeness (QED) is 0.0539. The van der Waals surface area contributed by atoms with Gasteiger partial charge in [-0.2, -0.15) is 0 Å². The molecule has 2 aromatic rings. The summed E-state index contributed by atoms with van der Waals surface area (Å²) in [5.74, 6) is -1.92. The highest BCUT2D eigenvalue weighted by Gasteiger charge is 2.25. The molecule has 0 aliphatic rings. The fourth-order valence-electron chi connectivity index (χ4n) is 3.81. The largest absolute Gasteiger partial charge is 0.445 e. The van der Waals surface area contributed by atoms with Gasteiger partial charge in [-0.25, -0.2) is 4.79 Å². The number of amides is 4. The van der Waals surface area contributed by atoms with E-state index in [4.69, 9.17) is 16.2 Å². The molecule has 2 aromatic carbocycles. The number of nitrogens with zero attached hydrogens (tertiary/aromatic N) is 2. The first-order valence-corrected chi connectivity index (χ1v) is 13.6. The van der Waals surface area contributed by atoms with Crippen molar-refractivity contribution in [3.05, 3.63) is 70.3 Å². The first-order valence-electron chi connectivity index (χ1n) is 13.6. The molecule has 0 heterocycles. The monoisotopic (exact) mass is 598 g/mol. The van der Waals surface area contributed by atoms with Gasteiger partial charge in [-0.1, -0.05) is 44.2 Å².